The smallest absolute Gasteiger partial charge is 0.261 e. The molecular weight excluding hydrogens is 212 g/mol. The maximum Gasteiger partial charge on any atom is 0.261 e. The highest BCUT2D eigenvalue weighted by Crippen LogP contribution is 2.25. The number of para-hydroxylation sites is 2. The van der Waals surface area contributed by atoms with E-state index in [-0.39, 0.29) is 5.91 Å². The number of anilines is 2. The third-order valence-electron chi connectivity index (χ3n) is 2.90. The molecule has 0 unspecified atom stereocenters. The lowest BCUT2D eigenvalue weighted by Gasteiger charge is -2.29. The summed E-state index contributed by atoms with van der Waals surface area (Å²) in [5.74, 6) is 0.0468. The average Bonchev–Trinajstić information content (AvgIpc) is 2.40. The zero-order valence-corrected chi connectivity index (χ0v) is 9.26. The third-order valence-corrected chi connectivity index (χ3v) is 2.90. The summed E-state index contributed by atoms with van der Waals surface area (Å²) >= 11 is 0. The van der Waals surface area contributed by atoms with E-state index < -0.39 is 0 Å². The highest BCUT2D eigenvalue weighted by molar-refractivity contribution is 6.11. The molecule has 2 aromatic carbocycles. The van der Waals surface area contributed by atoms with Crippen LogP contribution in [0.3, 0.4) is 0 Å². The fourth-order valence-electron chi connectivity index (χ4n) is 2.02. The summed E-state index contributed by atoms with van der Waals surface area (Å²) in [5, 5.41) is 3.25. The van der Waals surface area contributed by atoms with Gasteiger partial charge in [-0.15, -0.1) is 0 Å². The molecule has 0 saturated heterocycles. The fraction of sp³-hybridized carbons (Fsp3) is 0.0714. The SMILES string of the molecule is O=C1c2ccccc2NCN1c1ccccc1. The van der Waals surface area contributed by atoms with Gasteiger partial charge in [-0.25, -0.2) is 0 Å². The number of benzene rings is 2. The van der Waals surface area contributed by atoms with E-state index in [1.807, 2.05) is 54.6 Å². The van der Waals surface area contributed by atoms with Crippen molar-refractivity contribution in [3.05, 3.63) is 60.2 Å². The van der Waals surface area contributed by atoms with Gasteiger partial charge in [0, 0.05) is 11.4 Å². The van der Waals surface area contributed by atoms with Gasteiger partial charge in [-0.1, -0.05) is 30.3 Å². The number of nitrogens with one attached hydrogen (secondary N) is 1. The second-order valence-electron chi connectivity index (χ2n) is 3.95. The molecule has 17 heavy (non-hydrogen) atoms. The molecule has 1 amide bonds. The van der Waals surface area contributed by atoms with Gasteiger partial charge in [0.15, 0.2) is 0 Å². The minimum atomic E-state index is 0.0468. The van der Waals surface area contributed by atoms with Gasteiger partial charge in [-0.2, -0.15) is 0 Å². The maximum absolute atomic E-state index is 12.3. The second kappa shape index (κ2) is 3.94. The lowest BCUT2D eigenvalue weighted by atomic mass is 10.1. The molecular formula is C14H12N2O. The molecule has 0 bridgehead atoms. The normalized spacial score (nSPS) is 14.1. The van der Waals surface area contributed by atoms with E-state index in [2.05, 4.69) is 5.32 Å². The zero-order valence-electron chi connectivity index (χ0n) is 9.26. The van der Waals surface area contributed by atoms with Crippen molar-refractivity contribution in [3.8, 4) is 0 Å². The molecule has 3 heteroatoms. The molecule has 1 N–H and O–H groups in total. The predicted molar refractivity (Wildman–Crippen MR) is 68.2 cm³/mol. The van der Waals surface area contributed by atoms with Crippen molar-refractivity contribution in [1.82, 2.24) is 0 Å². The molecule has 0 aliphatic carbocycles. The molecule has 0 aromatic heterocycles. The lowest BCUT2D eigenvalue weighted by molar-refractivity contribution is 0.0986. The van der Waals surface area contributed by atoms with Gasteiger partial charge in [0.25, 0.3) is 5.91 Å². The van der Waals surface area contributed by atoms with Crippen LogP contribution in [0.1, 0.15) is 10.4 Å². The Balaban J connectivity index is 2.00. The van der Waals surface area contributed by atoms with E-state index in [9.17, 15) is 4.79 Å². The molecule has 1 heterocycles. The van der Waals surface area contributed by atoms with Crippen LogP contribution in [-0.4, -0.2) is 12.6 Å². The Morgan fingerprint density at radius 1 is 0.941 bits per heavy atom. The highest BCUT2D eigenvalue weighted by Gasteiger charge is 2.24. The first kappa shape index (κ1) is 9.90. The van der Waals surface area contributed by atoms with Crippen LogP contribution in [0, 0.1) is 0 Å². The number of carbonyl (C=O) groups excluding carboxylic acids is 1. The summed E-state index contributed by atoms with van der Waals surface area (Å²) in [7, 11) is 0. The van der Waals surface area contributed by atoms with Crippen molar-refractivity contribution in [2.75, 3.05) is 16.9 Å². The van der Waals surface area contributed by atoms with E-state index in [1.54, 1.807) is 4.90 Å². The first-order valence-electron chi connectivity index (χ1n) is 5.56. The van der Waals surface area contributed by atoms with Crippen LogP contribution in [0.2, 0.25) is 0 Å². The Bertz CT molecular complexity index is 551. The van der Waals surface area contributed by atoms with Crippen molar-refractivity contribution in [1.29, 1.82) is 0 Å². The van der Waals surface area contributed by atoms with Gasteiger partial charge >= 0.3 is 0 Å². The molecule has 0 spiro atoms. The minimum Gasteiger partial charge on any atom is -0.367 e. The van der Waals surface area contributed by atoms with Crippen molar-refractivity contribution in [2.45, 2.75) is 0 Å². The summed E-state index contributed by atoms with van der Waals surface area (Å²) < 4.78 is 0. The quantitative estimate of drug-likeness (QED) is 0.807. The van der Waals surface area contributed by atoms with E-state index in [0.717, 1.165) is 16.9 Å². The number of hydrogen-bond donors (Lipinski definition) is 1. The topological polar surface area (TPSA) is 32.3 Å². The molecule has 2 aromatic rings. The van der Waals surface area contributed by atoms with Gasteiger partial charge in [0.2, 0.25) is 0 Å². The number of carbonyl (C=O) groups is 1. The molecule has 0 saturated carbocycles. The first-order valence-corrected chi connectivity index (χ1v) is 5.56. The van der Waals surface area contributed by atoms with Crippen molar-refractivity contribution < 1.29 is 4.79 Å². The number of rotatable bonds is 1. The number of amides is 1. The number of nitrogens with zero attached hydrogens (tertiary/aromatic N) is 1. The molecule has 1 aliphatic rings. The Morgan fingerprint density at radius 2 is 1.65 bits per heavy atom. The maximum atomic E-state index is 12.3. The van der Waals surface area contributed by atoms with E-state index >= 15 is 0 Å². The molecule has 0 atom stereocenters. The van der Waals surface area contributed by atoms with Gasteiger partial charge in [0.05, 0.1) is 12.2 Å². The molecule has 84 valence electrons. The van der Waals surface area contributed by atoms with Crippen molar-refractivity contribution in [2.24, 2.45) is 0 Å². The molecule has 0 radical (unpaired) electrons. The number of fused-ring (bicyclic) bond motifs is 1. The van der Waals surface area contributed by atoms with E-state index in [1.165, 1.54) is 0 Å². The highest BCUT2D eigenvalue weighted by atomic mass is 16.2. The Kier molecular flexibility index (Phi) is 2.29. The fourth-order valence-corrected chi connectivity index (χ4v) is 2.02. The van der Waals surface area contributed by atoms with Gasteiger partial charge in [-0.3, -0.25) is 9.69 Å². The van der Waals surface area contributed by atoms with E-state index in [4.69, 9.17) is 0 Å². The largest absolute Gasteiger partial charge is 0.367 e. The van der Waals surface area contributed by atoms with Crippen molar-refractivity contribution in [3.63, 3.8) is 0 Å². The number of hydrogen-bond acceptors (Lipinski definition) is 2. The van der Waals surface area contributed by atoms with Crippen LogP contribution < -0.4 is 10.2 Å². The minimum absolute atomic E-state index is 0.0468. The van der Waals surface area contributed by atoms with Gasteiger partial charge in [-0.05, 0) is 24.3 Å². The average molecular weight is 224 g/mol. The Morgan fingerprint density at radius 3 is 2.47 bits per heavy atom. The summed E-state index contributed by atoms with van der Waals surface area (Å²) in [6, 6.07) is 17.3. The standard InChI is InChI=1S/C14H12N2O/c17-14-12-8-4-5-9-13(12)15-10-16(14)11-6-2-1-3-7-11/h1-9,15H,10H2. The van der Waals surface area contributed by atoms with Crippen LogP contribution in [0.5, 0.6) is 0 Å². The summed E-state index contributed by atoms with van der Waals surface area (Å²) in [5.41, 5.74) is 2.55. The van der Waals surface area contributed by atoms with Crippen LogP contribution in [0.25, 0.3) is 0 Å². The molecule has 3 rings (SSSR count). The second-order valence-corrected chi connectivity index (χ2v) is 3.95. The monoisotopic (exact) mass is 224 g/mol. The molecule has 3 nitrogen and oxygen atoms in total. The van der Waals surface area contributed by atoms with Gasteiger partial charge in [0.1, 0.15) is 0 Å². The van der Waals surface area contributed by atoms with Crippen LogP contribution in [0.15, 0.2) is 54.6 Å². The lowest BCUT2D eigenvalue weighted by Crippen LogP contribution is -2.39. The van der Waals surface area contributed by atoms with Crippen LogP contribution >= 0.6 is 0 Å². The molecule has 1 aliphatic heterocycles. The first-order chi connectivity index (χ1) is 8.36. The van der Waals surface area contributed by atoms with E-state index in [0.29, 0.717) is 6.67 Å². The van der Waals surface area contributed by atoms with Crippen molar-refractivity contribution >= 4 is 17.3 Å². The summed E-state index contributed by atoms with van der Waals surface area (Å²) in [4.78, 5) is 14.0. The van der Waals surface area contributed by atoms with Crippen LogP contribution in [-0.2, 0) is 0 Å². The van der Waals surface area contributed by atoms with Crippen LogP contribution in [0.4, 0.5) is 11.4 Å². The predicted octanol–water partition coefficient (Wildman–Crippen LogP) is 2.72. The zero-order chi connectivity index (χ0) is 11.7. The van der Waals surface area contributed by atoms with Gasteiger partial charge < -0.3 is 5.32 Å². The third kappa shape index (κ3) is 1.65. The summed E-state index contributed by atoms with van der Waals surface area (Å²) in [6.07, 6.45) is 0. The Labute approximate surface area is 99.7 Å². The Hall–Kier alpha value is -2.29. The summed E-state index contributed by atoms with van der Waals surface area (Å²) in [6.45, 7) is 0.514. The molecule has 0 fully saturated rings.